The van der Waals surface area contributed by atoms with Gasteiger partial charge in [-0.05, 0) is 72.5 Å². The molecule has 1 heterocycles. The van der Waals surface area contributed by atoms with E-state index >= 15 is 0 Å². The zero-order valence-corrected chi connectivity index (χ0v) is 20.7. The van der Waals surface area contributed by atoms with E-state index in [-0.39, 0.29) is 11.6 Å². The molecule has 5 heteroatoms. The van der Waals surface area contributed by atoms with Crippen molar-refractivity contribution in [2.24, 2.45) is 7.05 Å². The largest absolute Gasteiger partial charge is 0.323 e. The zero-order chi connectivity index (χ0) is 24.6. The quantitative estimate of drug-likeness (QED) is 0.406. The summed E-state index contributed by atoms with van der Waals surface area (Å²) in [5, 5.41) is 4.57. The van der Waals surface area contributed by atoms with Crippen LogP contribution in [0.15, 0.2) is 65.5 Å². The second-order valence-corrected chi connectivity index (χ2v) is 9.11. The molecule has 34 heavy (non-hydrogen) atoms. The number of aromatic nitrogens is 1. The van der Waals surface area contributed by atoms with Crippen molar-refractivity contribution in [2.75, 3.05) is 12.4 Å². The van der Waals surface area contributed by atoms with Gasteiger partial charge in [-0.2, -0.15) is 0 Å². The second-order valence-electron chi connectivity index (χ2n) is 9.11. The van der Waals surface area contributed by atoms with Gasteiger partial charge in [0.05, 0.1) is 0 Å². The highest BCUT2D eigenvalue weighted by molar-refractivity contribution is 6.06. The Morgan fingerprint density at radius 3 is 2.03 bits per heavy atom. The summed E-state index contributed by atoms with van der Waals surface area (Å²) in [4.78, 5) is 28.3. The minimum Gasteiger partial charge on any atom is -0.323 e. The van der Waals surface area contributed by atoms with Gasteiger partial charge >= 0.3 is 6.03 Å². The average molecular weight is 454 g/mol. The predicted octanol–water partition coefficient (Wildman–Crippen LogP) is 6.10. The van der Waals surface area contributed by atoms with E-state index in [0.717, 1.165) is 44.3 Å². The molecule has 0 unspecified atom stereocenters. The summed E-state index contributed by atoms with van der Waals surface area (Å²) in [6, 6.07) is 19.7. The molecule has 4 rings (SSSR count). The Morgan fingerprint density at radius 2 is 1.41 bits per heavy atom. The molecule has 4 aromatic rings. The van der Waals surface area contributed by atoms with Gasteiger partial charge in [-0.15, -0.1) is 0 Å². The maximum atomic E-state index is 13.4. The van der Waals surface area contributed by atoms with Crippen LogP contribution in [0.3, 0.4) is 0 Å². The number of anilines is 1. The predicted molar refractivity (Wildman–Crippen MR) is 141 cm³/mol. The summed E-state index contributed by atoms with van der Waals surface area (Å²) >= 11 is 0. The van der Waals surface area contributed by atoms with Crippen LogP contribution in [0, 0.1) is 27.7 Å². The van der Waals surface area contributed by atoms with E-state index in [1.807, 2.05) is 56.3 Å². The number of hydrogen-bond acceptors (Lipinski definition) is 2. The van der Waals surface area contributed by atoms with Crippen LogP contribution in [-0.2, 0) is 13.6 Å². The van der Waals surface area contributed by atoms with Gasteiger partial charge in [0.1, 0.15) is 5.82 Å². The lowest BCUT2D eigenvalue weighted by molar-refractivity contribution is 0.220. The van der Waals surface area contributed by atoms with E-state index in [1.165, 1.54) is 0 Å². The Bertz CT molecular complexity index is 1430. The maximum absolute atomic E-state index is 13.4. The lowest BCUT2D eigenvalue weighted by Crippen LogP contribution is -2.33. The van der Waals surface area contributed by atoms with Gasteiger partial charge in [-0.1, -0.05) is 54.6 Å². The van der Waals surface area contributed by atoms with Crippen LogP contribution in [0.1, 0.15) is 27.8 Å². The van der Waals surface area contributed by atoms with Crippen molar-refractivity contribution in [3.63, 3.8) is 0 Å². The second kappa shape index (κ2) is 9.18. The lowest BCUT2D eigenvalue weighted by Gasteiger charge is -2.24. The van der Waals surface area contributed by atoms with Crippen LogP contribution in [0.5, 0.6) is 0 Å². The van der Waals surface area contributed by atoms with Crippen LogP contribution in [0.25, 0.3) is 21.9 Å². The maximum Gasteiger partial charge on any atom is 0.323 e. The molecule has 0 aliphatic carbocycles. The van der Waals surface area contributed by atoms with Crippen molar-refractivity contribution in [1.82, 2.24) is 9.47 Å². The number of benzene rings is 3. The van der Waals surface area contributed by atoms with Gasteiger partial charge < -0.3 is 4.90 Å². The highest BCUT2D eigenvalue weighted by Gasteiger charge is 2.22. The van der Waals surface area contributed by atoms with E-state index in [9.17, 15) is 9.59 Å². The van der Waals surface area contributed by atoms with Gasteiger partial charge in [0.15, 0.2) is 0 Å². The molecule has 0 aliphatic rings. The minimum atomic E-state index is -0.269. The molecule has 1 N–H and O–H groups in total. The third-order valence-corrected chi connectivity index (χ3v) is 6.58. The van der Waals surface area contributed by atoms with E-state index in [1.54, 1.807) is 23.6 Å². The van der Waals surface area contributed by atoms with Crippen molar-refractivity contribution in [3.05, 3.63) is 98.8 Å². The molecule has 0 bridgehead atoms. The molecule has 0 radical (unpaired) electrons. The molecule has 0 spiro atoms. The highest BCUT2D eigenvalue weighted by atomic mass is 16.2. The standard InChI is InChI=1S/C29H31N3O2/c1-18-11-10-12-19(2)25(18)26-23-15-20(3)21(4)16-24(23)28(33)32(6)27(26)30-29(34)31(5)17-22-13-8-7-9-14-22/h7-16H,17H2,1-6H3,(H,30,34). The van der Waals surface area contributed by atoms with Crippen molar-refractivity contribution in [2.45, 2.75) is 34.2 Å². The number of rotatable bonds is 4. The van der Waals surface area contributed by atoms with E-state index in [2.05, 4.69) is 37.4 Å². The molecule has 5 nitrogen and oxygen atoms in total. The number of urea groups is 1. The molecular weight excluding hydrogens is 422 g/mol. The van der Waals surface area contributed by atoms with Gasteiger partial charge in [-0.25, -0.2) is 4.79 Å². The van der Waals surface area contributed by atoms with Gasteiger partial charge in [0.25, 0.3) is 5.56 Å². The first-order valence-electron chi connectivity index (χ1n) is 11.5. The van der Waals surface area contributed by atoms with Crippen molar-refractivity contribution in [3.8, 4) is 11.1 Å². The van der Waals surface area contributed by atoms with Crippen LogP contribution in [0.4, 0.5) is 10.6 Å². The summed E-state index contributed by atoms with van der Waals surface area (Å²) in [5.74, 6) is 0.503. The first kappa shape index (κ1) is 23.3. The fourth-order valence-corrected chi connectivity index (χ4v) is 4.51. The van der Waals surface area contributed by atoms with E-state index in [4.69, 9.17) is 0 Å². The fraction of sp³-hybridized carbons (Fsp3) is 0.241. The molecule has 0 saturated heterocycles. The average Bonchev–Trinajstić information content (AvgIpc) is 2.81. The molecule has 1 aromatic heterocycles. The number of aryl methyl sites for hydroxylation is 4. The number of pyridine rings is 1. The number of carbonyl (C=O) groups is 1. The molecule has 0 aliphatic heterocycles. The Balaban J connectivity index is 1.92. The summed E-state index contributed by atoms with van der Waals surface area (Å²) < 4.78 is 1.56. The first-order chi connectivity index (χ1) is 16.2. The Kier molecular flexibility index (Phi) is 6.29. The topological polar surface area (TPSA) is 54.3 Å². The Labute approximate surface area is 200 Å². The smallest absolute Gasteiger partial charge is 0.323 e. The third-order valence-electron chi connectivity index (χ3n) is 6.58. The Morgan fingerprint density at radius 1 is 0.824 bits per heavy atom. The van der Waals surface area contributed by atoms with Crippen LogP contribution < -0.4 is 10.9 Å². The van der Waals surface area contributed by atoms with Crippen LogP contribution in [0.2, 0.25) is 0 Å². The van der Waals surface area contributed by atoms with Crippen molar-refractivity contribution in [1.29, 1.82) is 0 Å². The van der Waals surface area contributed by atoms with Crippen molar-refractivity contribution >= 4 is 22.6 Å². The van der Waals surface area contributed by atoms with Crippen molar-refractivity contribution < 1.29 is 4.79 Å². The van der Waals surface area contributed by atoms with Crippen LogP contribution >= 0.6 is 0 Å². The van der Waals surface area contributed by atoms with E-state index < -0.39 is 0 Å². The molecule has 3 aromatic carbocycles. The number of carbonyl (C=O) groups excluding carboxylic acids is 1. The van der Waals surface area contributed by atoms with Crippen LogP contribution in [-0.4, -0.2) is 22.5 Å². The first-order valence-corrected chi connectivity index (χ1v) is 11.5. The Hall–Kier alpha value is -3.86. The molecule has 0 fully saturated rings. The normalized spacial score (nSPS) is 11.0. The van der Waals surface area contributed by atoms with Gasteiger partial charge in [0.2, 0.25) is 0 Å². The molecular formula is C29H31N3O2. The van der Waals surface area contributed by atoms with E-state index in [0.29, 0.717) is 17.7 Å². The zero-order valence-electron chi connectivity index (χ0n) is 20.7. The number of nitrogens with one attached hydrogen (secondary N) is 1. The van der Waals surface area contributed by atoms with Gasteiger partial charge in [0, 0.05) is 31.6 Å². The highest BCUT2D eigenvalue weighted by Crippen LogP contribution is 2.38. The summed E-state index contributed by atoms with van der Waals surface area (Å²) in [6.45, 7) is 8.65. The monoisotopic (exact) mass is 453 g/mol. The molecule has 0 saturated carbocycles. The summed E-state index contributed by atoms with van der Waals surface area (Å²) in [6.07, 6.45) is 0. The number of hydrogen-bond donors (Lipinski definition) is 1. The fourth-order valence-electron chi connectivity index (χ4n) is 4.51. The number of amides is 2. The SMILES string of the molecule is Cc1cc2c(-c3c(C)cccc3C)c(NC(=O)N(C)Cc3ccccc3)n(C)c(=O)c2cc1C. The number of fused-ring (bicyclic) bond motifs is 1. The summed E-state index contributed by atoms with van der Waals surface area (Å²) in [5.41, 5.74) is 7.16. The lowest BCUT2D eigenvalue weighted by atomic mass is 9.90. The summed E-state index contributed by atoms with van der Waals surface area (Å²) in [7, 11) is 3.48. The number of nitrogens with zero attached hydrogens (tertiary/aromatic N) is 2. The minimum absolute atomic E-state index is 0.130. The molecule has 0 atom stereocenters. The molecule has 174 valence electrons. The molecule has 2 amide bonds. The third kappa shape index (κ3) is 4.21. The van der Waals surface area contributed by atoms with Gasteiger partial charge in [-0.3, -0.25) is 14.7 Å².